The van der Waals surface area contributed by atoms with Gasteiger partial charge in [-0.1, -0.05) is 12.1 Å². The largest absolute Gasteiger partial charge is 0.481 e. The Labute approximate surface area is 182 Å². The average Bonchev–Trinajstić information content (AvgIpc) is 2.72. The summed E-state index contributed by atoms with van der Waals surface area (Å²) in [5.74, 6) is -1.34. The van der Waals surface area contributed by atoms with Gasteiger partial charge in [0.2, 0.25) is 5.95 Å². The maximum atomic E-state index is 12.9. The lowest BCUT2D eigenvalue weighted by atomic mass is 9.84. The van der Waals surface area contributed by atoms with Crippen molar-refractivity contribution < 1.29 is 28.2 Å². The zero-order chi connectivity index (χ0) is 23.7. The summed E-state index contributed by atoms with van der Waals surface area (Å²) < 4.78 is 38.7. The number of benzene rings is 1. The van der Waals surface area contributed by atoms with E-state index in [1.165, 1.54) is 26.1 Å². The summed E-state index contributed by atoms with van der Waals surface area (Å²) >= 11 is 0. The molecule has 2 heterocycles. The topological polar surface area (TPSA) is 108 Å². The van der Waals surface area contributed by atoms with E-state index in [1.54, 1.807) is 18.2 Å². The number of rotatable bonds is 6. The number of nitrogens with zero attached hydrogens (tertiary/aromatic N) is 3. The monoisotopic (exact) mass is 446 g/mol. The third-order valence-corrected chi connectivity index (χ3v) is 4.91. The molecule has 0 saturated carbocycles. The zero-order valence-corrected chi connectivity index (χ0v) is 17.5. The van der Waals surface area contributed by atoms with Gasteiger partial charge in [0.05, 0.1) is 11.1 Å². The highest BCUT2D eigenvalue weighted by Gasteiger charge is 2.37. The first-order valence-electron chi connectivity index (χ1n) is 9.54. The summed E-state index contributed by atoms with van der Waals surface area (Å²) in [5.41, 5.74) is 0.440. The molecule has 2 aromatic heterocycles. The van der Waals surface area contributed by atoms with Crippen molar-refractivity contribution in [2.45, 2.75) is 33.1 Å². The predicted octanol–water partition coefficient (Wildman–Crippen LogP) is 4.75. The number of hydrogen-bond acceptors (Lipinski definition) is 6. The van der Waals surface area contributed by atoms with Crippen molar-refractivity contribution in [3.05, 3.63) is 65.7 Å². The maximum Gasteiger partial charge on any atom is 0.433 e. The van der Waals surface area contributed by atoms with Crippen LogP contribution in [0.2, 0.25) is 0 Å². The molecule has 1 unspecified atom stereocenters. The van der Waals surface area contributed by atoms with E-state index >= 15 is 0 Å². The molecule has 3 N–H and O–H groups in total. The molecule has 0 spiro atoms. The van der Waals surface area contributed by atoms with Crippen LogP contribution in [0.1, 0.15) is 36.9 Å². The molecule has 0 saturated heterocycles. The zero-order valence-electron chi connectivity index (χ0n) is 17.5. The van der Waals surface area contributed by atoms with Crippen LogP contribution in [0.25, 0.3) is 11.1 Å². The Morgan fingerprint density at radius 3 is 2.38 bits per heavy atom. The van der Waals surface area contributed by atoms with Gasteiger partial charge in [-0.2, -0.15) is 13.2 Å². The number of anilines is 2. The Balaban J connectivity index is 1.87. The Morgan fingerprint density at radius 1 is 1.06 bits per heavy atom. The number of aryl methyl sites for hydroxylation is 1. The smallest absolute Gasteiger partial charge is 0.433 e. The van der Waals surface area contributed by atoms with E-state index in [-0.39, 0.29) is 11.6 Å². The molecule has 0 amide bonds. The number of alkyl halides is 3. The van der Waals surface area contributed by atoms with E-state index in [0.29, 0.717) is 16.8 Å². The summed E-state index contributed by atoms with van der Waals surface area (Å²) in [7, 11) is 0. The van der Waals surface area contributed by atoms with Gasteiger partial charge in [-0.3, -0.25) is 9.78 Å². The van der Waals surface area contributed by atoms with Gasteiger partial charge >= 0.3 is 12.1 Å². The number of carbonyl (C=O) groups is 1. The van der Waals surface area contributed by atoms with Crippen LogP contribution in [0.4, 0.5) is 24.8 Å². The summed E-state index contributed by atoms with van der Waals surface area (Å²) in [6.07, 6.45) is -3.36. The summed E-state index contributed by atoms with van der Waals surface area (Å²) in [6.45, 7) is 4.64. The molecule has 3 rings (SSSR count). The van der Waals surface area contributed by atoms with Crippen molar-refractivity contribution in [3.8, 4) is 11.1 Å². The maximum absolute atomic E-state index is 12.9. The third kappa shape index (κ3) is 5.02. The number of carboxylic acid groups (broad SMARTS) is 1. The first kappa shape index (κ1) is 23.1. The lowest BCUT2D eigenvalue weighted by Gasteiger charge is -2.25. The highest BCUT2D eigenvalue weighted by molar-refractivity contribution is 5.75. The van der Waals surface area contributed by atoms with Gasteiger partial charge < -0.3 is 15.5 Å². The second kappa shape index (κ2) is 8.54. The molecular weight excluding hydrogens is 425 g/mol. The average molecular weight is 446 g/mol. The second-order valence-corrected chi connectivity index (χ2v) is 7.88. The Kier molecular flexibility index (Phi) is 6.18. The van der Waals surface area contributed by atoms with Crippen LogP contribution < -0.4 is 5.32 Å². The lowest BCUT2D eigenvalue weighted by molar-refractivity contribution is -0.154. The number of nitrogens with one attached hydrogen (secondary N) is 1. The molecule has 0 aliphatic rings. The van der Waals surface area contributed by atoms with E-state index in [1.807, 2.05) is 13.0 Å². The van der Waals surface area contributed by atoms with Gasteiger partial charge in [0.1, 0.15) is 11.8 Å². The number of aliphatic hydroxyl groups excluding tert-OH is 1. The fourth-order valence-corrected chi connectivity index (χ4v) is 2.95. The highest BCUT2D eigenvalue weighted by atomic mass is 19.4. The molecule has 0 radical (unpaired) electrons. The van der Waals surface area contributed by atoms with E-state index in [2.05, 4.69) is 20.3 Å². The van der Waals surface area contributed by atoms with Crippen LogP contribution in [0.15, 0.2) is 48.8 Å². The van der Waals surface area contributed by atoms with E-state index in [4.69, 9.17) is 0 Å². The number of halogens is 3. The number of pyridine rings is 1. The van der Waals surface area contributed by atoms with Crippen molar-refractivity contribution in [1.82, 2.24) is 15.0 Å². The van der Waals surface area contributed by atoms with Crippen molar-refractivity contribution in [1.29, 1.82) is 0 Å². The normalized spacial score (nSPS) is 13.0. The number of carboxylic acids is 1. The Morgan fingerprint density at radius 2 is 1.78 bits per heavy atom. The minimum absolute atomic E-state index is 0.191. The van der Waals surface area contributed by atoms with Gasteiger partial charge in [-0.15, -0.1) is 0 Å². The van der Waals surface area contributed by atoms with Gasteiger partial charge in [0.15, 0.2) is 0 Å². The first-order valence-corrected chi connectivity index (χ1v) is 9.54. The fraction of sp³-hybridized carbons (Fsp3) is 0.273. The van der Waals surface area contributed by atoms with Crippen molar-refractivity contribution in [2.24, 2.45) is 5.41 Å². The first-order chi connectivity index (χ1) is 14.9. The molecule has 10 heteroatoms. The molecule has 168 valence electrons. The number of aliphatic hydroxyl groups is 1. The number of aromatic nitrogens is 3. The van der Waals surface area contributed by atoms with E-state index in [0.717, 1.165) is 17.8 Å². The molecule has 0 bridgehead atoms. The third-order valence-electron chi connectivity index (χ3n) is 4.91. The standard InChI is InChI=1S/C22H21F3N4O3/c1-12-8-14(13-4-5-16(27-11-13)18(30)21(2,3)19(31)32)10-15(9-12)28-20-26-7-6-17(29-20)22(23,24)25/h4-11,18,30H,1-3H3,(H,31,32)(H,26,28,29). The fourth-order valence-electron chi connectivity index (χ4n) is 2.95. The highest BCUT2D eigenvalue weighted by Crippen LogP contribution is 2.34. The molecule has 1 atom stereocenters. The number of aliphatic carboxylic acids is 1. The summed E-state index contributed by atoms with van der Waals surface area (Å²) in [6, 6.07) is 9.30. The van der Waals surface area contributed by atoms with Crippen LogP contribution >= 0.6 is 0 Å². The van der Waals surface area contributed by atoms with E-state index in [9.17, 15) is 28.2 Å². The van der Waals surface area contributed by atoms with Crippen molar-refractivity contribution in [2.75, 3.05) is 5.32 Å². The van der Waals surface area contributed by atoms with Crippen LogP contribution in [-0.2, 0) is 11.0 Å². The van der Waals surface area contributed by atoms with Gasteiger partial charge in [-0.05, 0) is 56.2 Å². The molecular formula is C22H21F3N4O3. The summed E-state index contributed by atoms with van der Waals surface area (Å²) in [4.78, 5) is 22.9. The van der Waals surface area contributed by atoms with Gasteiger partial charge in [-0.25, -0.2) is 9.97 Å². The molecule has 0 fully saturated rings. The molecule has 0 aliphatic carbocycles. The van der Waals surface area contributed by atoms with Gasteiger partial charge in [0.25, 0.3) is 0 Å². The Hall–Kier alpha value is -3.53. The number of hydrogen-bond donors (Lipinski definition) is 3. The minimum atomic E-state index is -4.58. The quantitative estimate of drug-likeness (QED) is 0.501. The minimum Gasteiger partial charge on any atom is -0.481 e. The molecule has 3 aromatic rings. The van der Waals surface area contributed by atoms with Gasteiger partial charge in [0, 0.05) is 23.6 Å². The van der Waals surface area contributed by atoms with E-state index < -0.39 is 29.4 Å². The lowest BCUT2D eigenvalue weighted by Crippen LogP contribution is -2.31. The Bertz CT molecular complexity index is 1130. The van der Waals surface area contributed by atoms with Crippen LogP contribution in [0, 0.1) is 12.3 Å². The van der Waals surface area contributed by atoms with Crippen LogP contribution in [0.3, 0.4) is 0 Å². The second-order valence-electron chi connectivity index (χ2n) is 7.88. The predicted molar refractivity (Wildman–Crippen MR) is 111 cm³/mol. The van der Waals surface area contributed by atoms with Crippen LogP contribution in [0.5, 0.6) is 0 Å². The van der Waals surface area contributed by atoms with Crippen molar-refractivity contribution in [3.63, 3.8) is 0 Å². The molecule has 1 aromatic carbocycles. The molecule has 0 aliphatic heterocycles. The van der Waals surface area contributed by atoms with Crippen LogP contribution in [-0.4, -0.2) is 31.1 Å². The summed E-state index contributed by atoms with van der Waals surface area (Å²) in [5, 5.41) is 22.4. The molecule has 32 heavy (non-hydrogen) atoms. The molecule has 7 nitrogen and oxygen atoms in total. The SMILES string of the molecule is Cc1cc(Nc2nccc(C(F)(F)F)n2)cc(-c2ccc(C(O)C(C)(C)C(=O)O)nc2)c1. The van der Waals surface area contributed by atoms with Crippen molar-refractivity contribution >= 4 is 17.6 Å².